The van der Waals surface area contributed by atoms with E-state index in [0.29, 0.717) is 12.0 Å². The largest absolute Gasteiger partial charge is 0.480 e. The number of carbonyl (C=O) groups excluding carboxylic acids is 4. The number of carboxylic acid groups (broad SMARTS) is 1. The van der Waals surface area contributed by atoms with Crippen molar-refractivity contribution < 1.29 is 33.8 Å². The molecule has 4 N–H and O–H groups in total. The van der Waals surface area contributed by atoms with Crippen LogP contribution in [-0.2, 0) is 30.5 Å². The zero-order valence-electron chi connectivity index (χ0n) is 23.3. The van der Waals surface area contributed by atoms with Crippen molar-refractivity contribution in [2.45, 2.75) is 58.7 Å². The molecule has 1 aromatic heterocycles. The number of carbonyl (C=O) groups is 5. The number of nitrogens with one attached hydrogen (secondary N) is 3. The molecular weight excluding hydrogens is 532 g/mol. The zero-order chi connectivity index (χ0) is 30.4. The van der Waals surface area contributed by atoms with E-state index in [1.165, 1.54) is 30.5 Å². The summed E-state index contributed by atoms with van der Waals surface area (Å²) in [5, 5.41) is 17.0. The van der Waals surface area contributed by atoms with Crippen LogP contribution in [0.15, 0.2) is 65.6 Å². The van der Waals surface area contributed by atoms with Crippen LogP contribution in [0.3, 0.4) is 0 Å². The van der Waals surface area contributed by atoms with E-state index in [1.54, 1.807) is 51.1 Å². The number of nitrogens with zero attached hydrogens (tertiary/aromatic N) is 1. The number of esters is 1. The van der Waals surface area contributed by atoms with E-state index in [0.717, 1.165) is 4.57 Å². The lowest BCUT2D eigenvalue weighted by molar-refractivity contribution is -0.143. The van der Waals surface area contributed by atoms with E-state index in [-0.39, 0.29) is 31.1 Å². The highest BCUT2D eigenvalue weighted by atomic mass is 16.5. The Bertz CT molecular complexity index is 1310. The monoisotopic (exact) mass is 568 g/mol. The maximum absolute atomic E-state index is 13.2. The first-order valence-electron chi connectivity index (χ1n) is 13.3. The Hall–Kier alpha value is -4.74. The third-order valence-corrected chi connectivity index (χ3v) is 6.21. The van der Waals surface area contributed by atoms with Crippen LogP contribution in [-0.4, -0.2) is 58.0 Å². The van der Waals surface area contributed by atoms with Crippen molar-refractivity contribution in [2.24, 2.45) is 5.92 Å². The predicted octanol–water partition coefficient (Wildman–Crippen LogP) is 2.10. The summed E-state index contributed by atoms with van der Waals surface area (Å²) in [7, 11) is 0. The van der Waals surface area contributed by atoms with Crippen molar-refractivity contribution >= 4 is 35.3 Å². The topological polar surface area (TPSA) is 173 Å². The van der Waals surface area contributed by atoms with Gasteiger partial charge in [0.05, 0.1) is 6.61 Å². The first kappa shape index (κ1) is 32.5. The Morgan fingerprint density at radius 1 is 1.02 bits per heavy atom. The van der Waals surface area contributed by atoms with Crippen molar-refractivity contribution in [3.05, 3.63) is 76.7 Å². The lowest BCUT2D eigenvalue weighted by Gasteiger charge is -2.20. The predicted molar refractivity (Wildman–Crippen MR) is 151 cm³/mol. The molecule has 12 heteroatoms. The quantitative estimate of drug-likeness (QED) is 0.187. The average Bonchev–Trinajstić information content (AvgIpc) is 2.95. The first-order chi connectivity index (χ1) is 19.6. The molecule has 0 aliphatic rings. The standard InChI is InChI=1S/C29H36N4O8/c1-4-19(3)25(29(39)40)32-23(34)18-33-17-11-15-22(28(33)38)31-27(37)21(14-9-10-16-24(35)41-5-2)30-26(36)20-12-7-6-8-13-20/h6-8,10-13,15-17,19,21,25H,4-5,9,14,18H2,1-3H3,(H,30,36)(H,31,37)(H,32,34)(H,39,40)/b16-10+/t19?,21-,25-/m0/s1. The highest BCUT2D eigenvalue weighted by Gasteiger charge is 2.26. The van der Waals surface area contributed by atoms with Gasteiger partial charge in [-0.15, -0.1) is 0 Å². The van der Waals surface area contributed by atoms with E-state index >= 15 is 0 Å². The van der Waals surface area contributed by atoms with Crippen LogP contribution in [0, 0.1) is 5.92 Å². The molecule has 0 fully saturated rings. The number of carboxylic acids is 1. The molecule has 0 saturated heterocycles. The van der Waals surface area contributed by atoms with Crippen LogP contribution in [0.4, 0.5) is 5.69 Å². The number of rotatable bonds is 15. The van der Waals surface area contributed by atoms with Crippen molar-refractivity contribution in [1.29, 1.82) is 0 Å². The normalized spacial score (nSPS) is 13.0. The molecule has 0 bridgehead atoms. The summed E-state index contributed by atoms with van der Waals surface area (Å²) >= 11 is 0. The van der Waals surface area contributed by atoms with Gasteiger partial charge in [0.15, 0.2) is 0 Å². The minimum absolute atomic E-state index is 0.107. The maximum Gasteiger partial charge on any atom is 0.330 e. The van der Waals surface area contributed by atoms with E-state index < -0.39 is 53.8 Å². The Morgan fingerprint density at radius 2 is 1.73 bits per heavy atom. The van der Waals surface area contributed by atoms with Crippen molar-refractivity contribution in [2.75, 3.05) is 11.9 Å². The zero-order valence-corrected chi connectivity index (χ0v) is 23.3. The van der Waals surface area contributed by atoms with Gasteiger partial charge in [-0.1, -0.05) is 44.5 Å². The average molecular weight is 569 g/mol. The number of benzene rings is 1. The van der Waals surface area contributed by atoms with Gasteiger partial charge in [0.2, 0.25) is 11.8 Å². The molecule has 0 aliphatic heterocycles. The van der Waals surface area contributed by atoms with Gasteiger partial charge >= 0.3 is 11.9 Å². The summed E-state index contributed by atoms with van der Waals surface area (Å²) in [4.78, 5) is 74.6. The lowest BCUT2D eigenvalue weighted by Crippen LogP contribution is -2.47. The fourth-order valence-corrected chi connectivity index (χ4v) is 3.77. The molecule has 220 valence electrons. The number of anilines is 1. The minimum atomic E-state index is -1.18. The number of pyridine rings is 1. The fraction of sp³-hybridized carbons (Fsp3) is 0.379. The molecule has 1 unspecified atom stereocenters. The molecule has 41 heavy (non-hydrogen) atoms. The summed E-state index contributed by atoms with van der Waals surface area (Å²) < 4.78 is 5.87. The second-order valence-electron chi connectivity index (χ2n) is 9.24. The van der Waals surface area contributed by atoms with Crippen LogP contribution >= 0.6 is 0 Å². The number of aromatic nitrogens is 1. The van der Waals surface area contributed by atoms with Gasteiger partial charge in [0, 0.05) is 17.8 Å². The second-order valence-corrected chi connectivity index (χ2v) is 9.24. The molecule has 3 atom stereocenters. The fourth-order valence-electron chi connectivity index (χ4n) is 3.77. The molecular formula is C29H36N4O8. The van der Waals surface area contributed by atoms with E-state index in [9.17, 15) is 33.9 Å². The van der Waals surface area contributed by atoms with Crippen LogP contribution in [0.25, 0.3) is 0 Å². The molecule has 1 heterocycles. The molecule has 0 spiro atoms. The van der Waals surface area contributed by atoms with Crippen LogP contribution in [0.1, 0.15) is 50.4 Å². The van der Waals surface area contributed by atoms with Crippen molar-refractivity contribution in [1.82, 2.24) is 15.2 Å². The van der Waals surface area contributed by atoms with Gasteiger partial charge in [-0.2, -0.15) is 0 Å². The smallest absolute Gasteiger partial charge is 0.330 e. The Labute approximate surface area is 237 Å². The SMILES string of the molecule is CCOC(=O)/C=C/CC[C@H](NC(=O)c1ccccc1)C(=O)Nc1cccn(CC(=O)N[C@H](C(=O)O)C(C)CC)c1=O. The van der Waals surface area contributed by atoms with Crippen molar-refractivity contribution in [3.63, 3.8) is 0 Å². The summed E-state index contributed by atoms with van der Waals surface area (Å²) in [6.07, 6.45) is 4.96. The molecule has 0 saturated carbocycles. The number of aliphatic carboxylic acids is 1. The Balaban J connectivity index is 2.18. The van der Waals surface area contributed by atoms with Crippen molar-refractivity contribution in [3.8, 4) is 0 Å². The molecule has 2 aromatic rings. The number of amides is 3. The highest BCUT2D eigenvalue weighted by molar-refractivity contribution is 6.01. The van der Waals surface area contributed by atoms with Gasteiger partial charge in [0.1, 0.15) is 24.3 Å². The highest BCUT2D eigenvalue weighted by Crippen LogP contribution is 2.09. The summed E-state index contributed by atoms with van der Waals surface area (Å²) in [5.74, 6) is -3.90. The Kier molecular flexibility index (Phi) is 13.0. The number of ether oxygens (including phenoxy) is 1. The second kappa shape index (κ2) is 16.4. The van der Waals surface area contributed by atoms with Crippen LogP contribution in [0.2, 0.25) is 0 Å². The summed E-state index contributed by atoms with van der Waals surface area (Å²) in [5.41, 5.74) is -0.498. The van der Waals surface area contributed by atoms with E-state index in [1.807, 2.05) is 0 Å². The molecule has 12 nitrogen and oxygen atoms in total. The molecule has 0 radical (unpaired) electrons. The number of hydrogen-bond acceptors (Lipinski definition) is 7. The van der Waals surface area contributed by atoms with Crippen LogP contribution in [0.5, 0.6) is 0 Å². The maximum atomic E-state index is 13.2. The first-order valence-corrected chi connectivity index (χ1v) is 13.3. The third-order valence-electron chi connectivity index (χ3n) is 6.21. The van der Waals surface area contributed by atoms with Gasteiger partial charge in [-0.3, -0.25) is 19.2 Å². The number of allylic oxidation sites excluding steroid dienone is 1. The molecule has 1 aromatic carbocycles. The van der Waals surface area contributed by atoms with Gasteiger partial charge in [0.25, 0.3) is 11.5 Å². The van der Waals surface area contributed by atoms with Crippen LogP contribution < -0.4 is 21.5 Å². The van der Waals surface area contributed by atoms with Gasteiger partial charge in [-0.05, 0) is 49.9 Å². The minimum Gasteiger partial charge on any atom is -0.480 e. The summed E-state index contributed by atoms with van der Waals surface area (Å²) in [6.45, 7) is 4.93. The third kappa shape index (κ3) is 10.4. The lowest BCUT2D eigenvalue weighted by atomic mass is 9.99. The van der Waals surface area contributed by atoms with Gasteiger partial charge in [-0.25, -0.2) is 9.59 Å². The van der Waals surface area contributed by atoms with E-state index in [4.69, 9.17) is 4.74 Å². The Morgan fingerprint density at radius 3 is 2.37 bits per heavy atom. The van der Waals surface area contributed by atoms with Gasteiger partial charge < -0.3 is 30.4 Å². The number of hydrogen-bond donors (Lipinski definition) is 4. The molecule has 2 rings (SSSR count). The molecule has 0 aliphatic carbocycles. The summed E-state index contributed by atoms with van der Waals surface area (Å²) in [6, 6.07) is 8.89. The molecule has 3 amide bonds. The van der Waals surface area contributed by atoms with E-state index in [2.05, 4.69) is 16.0 Å².